The molecule has 1 saturated heterocycles. The average Bonchev–Trinajstić information content (AvgIpc) is 2.62. The molecule has 0 unspecified atom stereocenters. The van der Waals surface area contributed by atoms with Gasteiger partial charge in [-0.2, -0.15) is 0 Å². The van der Waals surface area contributed by atoms with Crippen molar-refractivity contribution in [2.24, 2.45) is 5.92 Å². The Morgan fingerprint density at radius 2 is 1.46 bits per heavy atom. The van der Waals surface area contributed by atoms with Crippen molar-refractivity contribution in [3.63, 3.8) is 0 Å². The zero-order valence-electron chi connectivity index (χ0n) is 13.0. The second-order valence-corrected chi connectivity index (χ2v) is 6.38. The van der Waals surface area contributed by atoms with E-state index in [4.69, 9.17) is 11.6 Å². The van der Waals surface area contributed by atoms with Crippen LogP contribution in [-0.2, 0) is 0 Å². The highest BCUT2D eigenvalue weighted by Gasteiger charge is 2.28. The summed E-state index contributed by atoms with van der Waals surface area (Å²) in [6.07, 6.45) is 1.24. The number of hydrogen-bond donors (Lipinski definition) is 0. The molecule has 0 radical (unpaired) electrons. The van der Waals surface area contributed by atoms with E-state index >= 15 is 0 Å². The lowest BCUT2D eigenvalue weighted by atomic mass is 9.88. The van der Waals surface area contributed by atoms with Crippen molar-refractivity contribution in [2.45, 2.75) is 12.8 Å². The number of carbonyl (C=O) groups excluding carboxylic acids is 2. The van der Waals surface area contributed by atoms with E-state index in [0.29, 0.717) is 42.1 Å². The van der Waals surface area contributed by atoms with Gasteiger partial charge in [0.1, 0.15) is 5.82 Å². The van der Waals surface area contributed by atoms with Crippen molar-refractivity contribution in [1.29, 1.82) is 0 Å². The third kappa shape index (κ3) is 3.65. The third-order valence-electron chi connectivity index (χ3n) is 4.37. The summed E-state index contributed by atoms with van der Waals surface area (Å²) in [6, 6.07) is 12.4. The van der Waals surface area contributed by atoms with Gasteiger partial charge in [0, 0.05) is 35.2 Å². The van der Waals surface area contributed by atoms with Gasteiger partial charge in [-0.1, -0.05) is 11.6 Å². The van der Waals surface area contributed by atoms with E-state index in [-0.39, 0.29) is 23.4 Å². The molecule has 3 nitrogen and oxygen atoms in total. The predicted molar refractivity (Wildman–Crippen MR) is 90.8 cm³/mol. The molecule has 0 bridgehead atoms. The molecule has 2 aromatic carbocycles. The van der Waals surface area contributed by atoms with E-state index in [1.165, 1.54) is 24.3 Å². The standard InChI is InChI=1S/C19H17ClFNO2/c20-16-5-1-15(2-6-16)19(24)22-11-9-14(10-12-22)18(23)13-3-7-17(21)8-4-13/h1-8,14H,9-12H2. The van der Waals surface area contributed by atoms with Crippen LogP contribution in [0.1, 0.15) is 33.6 Å². The summed E-state index contributed by atoms with van der Waals surface area (Å²) in [7, 11) is 0. The molecule has 5 heteroatoms. The van der Waals surface area contributed by atoms with E-state index in [0.717, 1.165) is 0 Å². The van der Waals surface area contributed by atoms with Crippen LogP contribution in [0.4, 0.5) is 4.39 Å². The summed E-state index contributed by atoms with van der Waals surface area (Å²) in [5, 5.41) is 0.593. The summed E-state index contributed by atoms with van der Waals surface area (Å²) < 4.78 is 13.0. The van der Waals surface area contributed by atoms with Crippen LogP contribution < -0.4 is 0 Å². The lowest BCUT2D eigenvalue weighted by molar-refractivity contribution is 0.0650. The topological polar surface area (TPSA) is 37.4 Å². The zero-order chi connectivity index (χ0) is 17.1. The first kappa shape index (κ1) is 16.7. The van der Waals surface area contributed by atoms with Gasteiger partial charge in [-0.15, -0.1) is 0 Å². The minimum absolute atomic E-state index is 0.0218. The largest absolute Gasteiger partial charge is 0.339 e. The molecular formula is C19H17ClFNO2. The van der Waals surface area contributed by atoms with Crippen LogP contribution in [-0.4, -0.2) is 29.7 Å². The van der Waals surface area contributed by atoms with Gasteiger partial charge < -0.3 is 4.90 Å². The zero-order valence-corrected chi connectivity index (χ0v) is 13.8. The summed E-state index contributed by atoms with van der Waals surface area (Å²) in [5.74, 6) is -0.493. The molecule has 0 N–H and O–H groups in total. The average molecular weight is 346 g/mol. The molecule has 0 aliphatic carbocycles. The minimum Gasteiger partial charge on any atom is -0.339 e. The number of Topliss-reactive ketones (excluding diaryl/α,β-unsaturated/α-hetero) is 1. The number of ketones is 1. The fourth-order valence-corrected chi connectivity index (χ4v) is 3.10. The molecule has 0 atom stereocenters. The maximum absolute atomic E-state index is 13.0. The molecule has 0 spiro atoms. The van der Waals surface area contributed by atoms with Crippen LogP contribution in [0.2, 0.25) is 5.02 Å². The number of halogens is 2. The summed E-state index contributed by atoms with van der Waals surface area (Å²) >= 11 is 5.84. The normalized spacial score (nSPS) is 15.3. The number of likely N-dealkylation sites (tertiary alicyclic amines) is 1. The highest BCUT2D eigenvalue weighted by molar-refractivity contribution is 6.30. The second kappa shape index (κ2) is 7.14. The van der Waals surface area contributed by atoms with Crippen molar-refractivity contribution >= 4 is 23.3 Å². The maximum Gasteiger partial charge on any atom is 0.253 e. The lowest BCUT2D eigenvalue weighted by Crippen LogP contribution is -2.40. The molecule has 1 aliphatic rings. The van der Waals surface area contributed by atoms with Gasteiger partial charge in [-0.3, -0.25) is 9.59 Å². The molecule has 0 saturated carbocycles. The van der Waals surface area contributed by atoms with Gasteiger partial charge in [0.05, 0.1) is 0 Å². The van der Waals surface area contributed by atoms with Crippen LogP contribution in [0.15, 0.2) is 48.5 Å². The monoisotopic (exact) mass is 345 g/mol. The molecule has 1 fully saturated rings. The maximum atomic E-state index is 13.0. The quantitative estimate of drug-likeness (QED) is 0.781. The third-order valence-corrected chi connectivity index (χ3v) is 4.62. The Bertz CT molecular complexity index is 669. The first-order valence-corrected chi connectivity index (χ1v) is 8.27. The van der Waals surface area contributed by atoms with E-state index in [2.05, 4.69) is 0 Å². The summed E-state index contributed by atoms with van der Waals surface area (Å²) in [5.41, 5.74) is 1.13. The second-order valence-electron chi connectivity index (χ2n) is 5.94. The molecule has 3 rings (SSSR count). The minimum atomic E-state index is -0.352. The Morgan fingerprint density at radius 3 is 2.04 bits per heavy atom. The molecule has 1 amide bonds. The van der Waals surface area contributed by atoms with Crippen LogP contribution in [0.3, 0.4) is 0 Å². The highest BCUT2D eigenvalue weighted by atomic mass is 35.5. The van der Waals surface area contributed by atoms with Crippen LogP contribution in [0.5, 0.6) is 0 Å². The molecule has 2 aromatic rings. The summed E-state index contributed by atoms with van der Waals surface area (Å²) in [6.45, 7) is 1.08. The van der Waals surface area contributed by atoms with E-state index in [9.17, 15) is 14.0 Å². The molecule has 124 valence electrons. The Morgan fingerprint density at radius 1 is 0.917 bits per heavy atom. The molecule has 0 aromatic heterocycles. The van der Waals surface area contributed by atoms with Crippen molar-refractivity contribution in [1.82, 2.24) is 4.90 Å². The van der Waals surface area contributed by atoms with Gasteiger partial charge in [0.2, 0.25) is 0 Å². The number of piperidine rings is 1. The van der Waals surface area contributed by atoms with Gasteiger partial charge in [0.25, 0.3) is 5.91 Å². The number of amides is 1. The van der Waals surface area contributed by atoms with Gasteiger partial charge in [0.15, 0.2) is 5.78 Å². The fourth-order valence-electron chi connectivity index (χ4n) is 2.97. The van der Waals surface area contributed by atoms with Crippen LogP contribution in [0.25, 0.3) is 0 Å². The number of hydrogen-bond acceptors (Lipinski definition) is 2. The molecular weight excluding hydrogens is 329 g/mol. The molecule has 1 heterocycles. The van der Waals surface area contributed by atoms with E-state index in [1.54, 1.807) is 29.2 Å². The van der Waals surface area contributed by atoms with E-state index < -0.39 is 0 Å². The molecule has 1 aliphatic heterocycles. The Hall–Kier alpha value is -2.20. The van der Waals surface area contributed by atoms with Crippen molar-refractivity contribution in [3.05, 3.63) is 70.5 Å². The Kier molecular flexibility index (Phi) is 4.95. The first-order chi connectivity index (χ1) is 11.5. The van der Waals surface area contributed by atoms with Gasteiger partial charge >= 0.3 is 0 Å². The number of rotatable bonds is 3. The Balaban J connectivity index is 1.61. The van der Waals surface area contributed by atoms with Crippen molar-refractivity contribution < 1.29 is 14.0 Å². The van der Waals surface area contributed by atoms with Crippen LogP contribution >= 0.6 is 11.6 Å². The smallest absolute Gasteiger partial charge is 0.253 e. The van der Waals surface area contributed by atoms with Crippen molar-refractivity contribution in [3.8, 4) is 0 Å². The first-order valence-electron chi connectivity index (χ1n) is 7.89. The van der Waals surface area contributed by atoms with Gasteiger partial charge in [-0.05, 0) is 61.4 Å². The number of nitrogens with zero attached hydrogens (tertiary/aromatic N) is 1. The van der Waals surface area contributed by atoms with Gasteiger partial charge in [-0.25, -0.2) is 4.39 Å². The predicted octanol–water partition coefficient (Wildman–Crippen LogP) is 4.21. The number of carbonyl (C=O) groups is 2. The van der Waals surface area contributed by atoms with Crippen LogP contribution in [0, 0.1) is 11.7 Å². The highest BCUT2D eigenvalue weighted by Crippen LogP contribution is 2.23. The lowest BCUT2D eigenvalue weighted by Gasteiger charge is -2.31. The molecule has 24 heavy (non-hydrogen) atoms. The van der Waals surface area contributed by atoms with Crippen molar-refractivity contribution in [2.75, 3.05) is 13.1 Å². The Labute approximate surface area is 145 Å². The SMILES string of the molecule is O=C(c1ccc(F)cc1)C1CCN(C(=O)c2ccc(Cl)cc2)CC1. The number of benzene rings is 2. The fraction of sp³-hybridized carbons (Fsp3) is 0.263. The summed E-state index contributed by atoms with van der Waals surface area (Å²) in [4.78, 5) is 26.7. The van der Waals surface area contributed by atoms with E-state index in [1.807, 2.05) is 0 Å².